The van der Waals surface area contributed by atoms with E-state index in [-0.39, 0.29) is 17.1 Å². The zero-order chi connectivity index (χ0) is 24.8. The van der Waals surface area contributed by atoms with Gasteiger partial charge in [0.15, 0.2) is 0 Å². The van der Waals surface area contributed by atoms with Crippen LogP contribution in [-0.2, 0) is 16.0 Å². The number of carbonyl (C=O) groups is 3. The maximum atomic E-state index is 12.9. The Morgan fingerprint density at radius 3 is 2.38 bits per heavy atom. The standard InChI is InChI=1S/C25H28N4O4S/c1-16-20(14-15-23(30)33-5)17(2)29(27-16)19-12-10-18(11-13-19)24(31)26-21-8-6-7-9-22(21)34-25(32)28(3)4/h6-13H,14-15H2,1-5H3,(H,26,31). The lowest BCUT2D eigenvalue weighted by atomic mass is 10.1. The molecule has 0 aliphatic rings. The summed E-state index contributed by atoms with van der Waals surface area (Å²) in [4.78, 5) is 38.6. The predicted octanol–water partition coefficient (Wildman–Crippen LogP) is 4.62. The van der Waals surface area contributed by atoms with Crippen LogP contribution in [0.4, 0.5) is 10.5 Å². The van der Waals surface area contributed by atoms with E-state index in [4.69, 9.17) is 4.74 Å². The Bertz CT molecular complexity index is 1200. The molecule has 8 nitrogen and oxygen atoms in total. The molecule has 1 N–H and O–H groups in total. The number of benzene rings is 2. The topological polar surface area (TPSA) is 93.5 Å². The molecule has 2 amide bonds. The lowest BCUT2D eigenvalue weighted by molar-refractivity contribution is -0.140. The van der Waals surface area contributed by atoms with Crippen molar-refractivity contribution in [2.24, 2.45) is 0 Å². The van der Waals surface area contributed by atoms with E-state index in [1.54, 1.807) is 38.4 Å². The maximum Gasteiger partial charge on any atom is 0.305 e. The molecule has 9 heteroatoms. The molecular formula is C25H28N4O4S. The van der Waals surface area contributed by atoms with Gasteiger partial charge in [0.05, 0.1) is 24.2 Å². The quantitative estimate of drug-likeness (QED) is 0.392. The summed E-state index contributed by atoms with van der Waals surface area (Å²) in [6.45, 7) is 3.87. The Hall–Kier alpha value is -3.59. The minimum Gasteiger partial charge on any atom is -0.469 e. The van der Waals surface area contributed by atoms with E-state index < -0.39 is 0 Å². The molecule has 1 heterocycles. The van der Waals surface area contributed by atoms with E-state index >= 15 is 0 Å². The van der Waals surface area contributed by atoms with E-state index in [9.17, 15) is 14.4 Å². The van der Waals surface area contributed by atoms with Crippen LogP contribution < -0.4 is 5.32 Å². The highest BCUT2D eigenvalue weighted by atomic mass is 32.2. The second kappa shape index (κ2) is 11.0. The number of aryl methyl sites for hydroxylation is 1. The number of aromatic nitrogens is 2. The number of esters is 1. The highest BCUT2D eigenvalue weighted by Crippen LogP contribution is 2.29. The molecule has 178 valence electrons. The van der Waals surface area contributed by atoms with Gasteiger partial charge in [0, 0.05) is 36.7 Å². The molecule has 0 spiro atoms. The largest absolute Gasteiger partial charge is 0.469 e. The van der Waals surface area contributed by atoms with Crippen LogP contribution in [0.1, 0.15) is 33.7 Å². The van der Waals surface area contributed by atoms with E-state index in [1.807, 2.05) is 42.8 Å². The van der Waals surface area contributed by atoms with Crippen molar-refractivity contribution in [2.75, 3.05) is 26.5 Å². The number of amides is 2. The monoisotopic (exact) mass is 480 g/mol. The van der Waals surface area contributed by atoms with E-state index in [0.717, 1.165) is 34.4 Å². The number of rotatable bonds is 7. The first-order chi connectivity index (χ1) is 16.2. The fourth-order valence-electron chi connectivity index (χ4n) is 3.41. The van der Waals surface area contributed by atoms with Gasteiger partial charge in [-0.05, 0) is 74.0 Å². The Balaban J connectivity index is 1.75. The molecule has 0 fully saturated rings. The minimum atomic E-state index is -0.274. The van der Waals surface area contributed by atoms with E-state index in [1.165, 1.54) is 12.0 Å². The molecule has 0 unspecified atom stereocenters. The van der Waals surface area contributed by atoms with Crippen molar-refractivity contribution in [3.63, 3.8) is 0 Å². The number of methoxy groups -OCH3 is 1. The Labute approximate surface area is 203 Å². The molecule has 0 saturated carbocycles. The fraction of sp³-hybridized carbons (Fsp3) is 0.280. The van der Waals surface area contributed by atoms with Crippen molar-refractivity contribution >= 4 is 34.6 Å². The maximum absolute atomic E-state index is 12.9. The van der Waals surface area contributed by atoms with Crippen LogP contribution in [0.2, 0.25) is 0 Å². The summed E-state index contributed by atoms with van der Waals surface area (Å²) >= 11 is 1.06. The molecule has 2 aromatic carbocycles. The van der Waals surface area contributed by atoms with Crippen LogP contribution in [0.25, 0.3) is 5.69 Å². The Kier molecular flexibility index (Phi) is 8.12. The van der Waals surface area contributed by atoms with Crippen molar-refractivity contribution in [2.45, 2.75) is 31.6 Å². The van der Waals surface area contributed by atoms with Crippen molar-refractivity contribution < 1.29 is 19.1 Å². The number of carbonyl (C=O) groups excluding carboxylic acids is 3. The van der Waals surface area contributed by atoms with Crippen LogP contribution in [-0.4, -0.2) is 53.0 Å². The van der Waals surface area contributed by atoms with Gasteiger partial charge in [-0.1, -0.05) is 12.1 Å². The van der Waals surface area contributed by atoms with Gasteiger partial charge in [-0.15, -0.1) is 0 Å². The first-order valence-corrected chi connectivity index (χ1v) is 11.5. The summed E-state index contributed by atoms with van der Waals surface area (Å²) in [7, 11) is 4.75. The zero-order valence-electron chi connectivity index (χ0n) is 19.9. The van der Waals surface area contributed by atoms with Crippen molar-refractivity contribution in [1.29, 1.82) is 0 Å². The number of hydrogen-bond acceptors (Lipinski definition) is 6. The van der Waals surface area contributed by atoms with Gasteiger partial charge in [-0.2, -0.15) is 5.10 Å². The van der Waals surface area contributed by atoms with Gasteiger partial charge in [0.25, 0.3) is 11.1 Å². The van der Waals surface area contributed by atoms with E-state index in [2.05, 4.69) is 10.4 Å². The van der Waals surface area contributed by atoms with Crippen LogP contribution in [0, 0.1) is 13.8 Å². The molecular weight excluding hydrogens is 452 g/mol. The van der Waals surface area contributed by atoms with Crippen LogP contribution >= 0.6 is 11.8 Å². The third-order valence-electron chi connectivity index (χ3n) is 5.32. The summed E-state index contributed by atoms with van der Waals surface area (Å²) in [5.41, 5.74) is 4.67. The van der Waals surface area contributed by atoms with Gasteiger partial charge in [-0.25, -0.2) is 4.68 Å². The number of anilines is 1. The van der Waals surface area contributed by atoms with E-state index in [0.29, 0.717) is 29.0 Å². The van der Waals surface area contributed by atoms with Gasteiger partial charge in [0.2, 0.25) is 0 Å². The number of nitrogens with zero attached hydrogens (tertiary/aromatic N) is 3. The second-order valence-corrected chi connectivity index (χ2v) is 8.89. The van der Waals surface area contributed by atoms with Gasteiger partial charge < -0.3 is 15.0 Å². The molecule has 0 aliphatic heterocycles. The molecule has 3 rings (SSSR count). The Morgan fingerprint density at radius 1 is 1.06 bits per heavy atom. The zero-order valence-corrected chi connectivity index (χ0v) is 20.7. The normalized spacial score (nSPS) is 10.6. The molecule has 3 aromatic rings. The van der Waals surface area contributed by atoms with Crippen LogP contribution in [0.5, 0.6) is 0 Å². The fourth-order valence-corrected chi connectivity index (χ4v) is 4.16. The lowest BCUT2D eigenvalue weighted by Crippen LogP contribution is -2.17. The average molecular weight is 481 g/mol. The molecule has 0 aliphatic carbocycles. The molecule has 0 radical (unpaired) electrons. The SMILES string of the molecule is COC(=O)CCc1c(C)nn(-c2ccc(C(=O)Nc3ccccc3SC(=O)N(C)C)cc2)c1C. The van der Waals surface area contributed by atoms with Crippen molar-refractivity contribution in [3.05, 3.63) is 71.0 Å². The number of nitrogens with one attached hydrogen (secondary N) is 1. The molecule has 0 atom stereocenters. The molecule has 34 heavy (non-hydrogen) atoms. The summed E-state index contributed by atoms with van der Waals surface area (Å²) in [5, 5.41) is 7.37. The summed E-state index contributed by atoms with van der Waals surface area (Å²) in [6, 6.07) is 14.3. The lowest BCUT2D eigenvalue weighted by Gasteiger charge is -2.13. The van der Waals surface area contributed by atoms with Crippen molar-refractivity contribution in [3.8, 4) is 5.69 Å². The predicted molar refractivity (Wildman–Crippen MR) is 133 cm³/mol. The first kappa shape index (κ1) is 25.0. The number of para-hydroxylation sites is 1. The Morgan fingerprint density at radius 2 is 1.74 bits per heavy atom. The molecule has 0 bridgehead atoms. The summed E-state index contributed by atoms with van der Waals surface area (Å²) < 4.78 is 6.54. The van der Waals surface area contributed by atoms with Crippen molar-refractivity contribution in [1.82, 2.24) is 14.7 Å². The first-order valence-electron chi connectivity index (χ1n) is 10.7. The molecule has 0 saturated heterocycles. The highest BCUT2D eigenvalue weighted by Gasteiger charge is 2.16. The van der Waals surface area contributed by atoms with Gasteiger partial charge in [-0.3, -0.25) is 14.4 Å². The van der Waals surface area contributed by atoms with Gasteiger partial charge >= 0.3 is 5.97 Å². The average Bonchev–Trinajstić information content (AvgIpc) is 3.11. The second-order valence-electron chi connectivity index (χ2n) is 7.90. The van der Waals surface area contributed by atoms with Crippen LogP contribution in [0.3, 0.4) is 0 Å². The van der Waals surface area contributed by atoms with Gasteiger partial charge in [0.1, 0.15) is 0 Å². The highest BCUT2D eigenvalue weighted by molar-refractivity contribution is 8.13. The van der Waals surface area contributed by atoms with Crippen LogP contribution in [0.15, 0.2) is 53.4 Å². The summed E-state index contributed by atoms with van der Waals surface area (Å²) in [6.07, 6.45) is 0.849. The number of hydrogen-bond donors (Lipinski definition) is 1. The minimum absolute atomic E-state index is 0.123. The third-order valence-corrected chi connectivity index (χ3v) is 6.44. The number of ether oxygens (including phenoxy) is 1. The number of thioether (sulfide) groups is 1. The smallest absolute Gasteiger partial charge is 0.305 e. The third kappa shape index (κ3) is 5.85. The molecule has 1 aromatic heterocycles. The summed E-state index contributed by atoms with van der Waals surface area (Å²) in [5.74, 6) is -0.531.